The van der Waals surface area contributed by atoms with Crippen molar-refractivity contribution in [2.75, 3.05) is 11.9 Å². The molecule has 0 radical (unpaired) electrons. The first-order valence-electron chi connectivity index (χ1n) is 8.92. The second kappa shape index (κ2) is 7.54. The molecule has 30 heavy (non-hydrogen) atoms. The maximum Gasteiger partial charge on any atom is 0.276 e. The molecule has 1 aromatic heterocycles. The Bertz CT molecular complexity index is 1230. The summed E-state index contributed by atoms with van der Waals surface area (Å²) in [5, 5.41) is 2.43. The van der Waals surface area contributed by atoms with Gasteiger partial charge in [-0.1, -0.05) is 30.3 Å². The number of hydrogen-bond donors (Lipinski definition) is 2. The fourth-order valence-corrected chi connectivity index (χ4v) is 4.64. The molecule has 0 saturated heterocycles. The number of fused-ring (bicyclic) bond motifs is 1. The third-order valence-corrected chi connectivity index (χ3v) is 6.14. The minimum absolute atomic E-state index is 0.0191. The molecule has 0 fully saturated rings. The minimum Gasteiger partial charge on any atom is -0.488 e. The molecule has 1 amide bonds. The molecule has 7 nitrogen and oxygen atoms in total. The number of sulfonamides is 1. The number of halogens is 2. The number of rotatable bonds is 3. The molecule has 1 atom stereocenters. The highest BCUT2D eigenvalue weighted by atomic mass is 32.2. The molecular formula is C20H17F2N3O4S. The molecule has 0 unspecified atom stereocenters. The van der Waals surface area contributed by atoms with Gasteiger partial charge in [0.1, 0.15) is 11.5 Å². The first kappa shape index (κ1) is 20.0. The average Bonchev–Trinajstić information content (AvgIpc) is 2.99. The highest BCUT2D eigenvalue weighted by Gasteiger charge is 2.35. The lowest BCUT2D eigenvalue weighted by Gasteiger charge is -2.16. The molecule has 156 valence electrons. The summed E-state index contributed by atoms with van der Waals surface area (Å²) in [5.74, 6) is -3.00. The number of hydrogen-bond acceptors (Lipinski definition) is 4. The van der Waals surface area contributed by atoms with Gasteiger partial charge in [-0.3, -0.25) is 4.79 Å². The van der Waals surface area contributed by atoms with Crippen molar-refractivity contribution >= 4 is 21.6 Å². The number of amides is 1. The van der Waals surface area contributed by atoms with E-state index in [1.165, 1.54) is 23.9 Å². The van der Waals surface area contributed by atoms with Gasteiger partial charge >= 0.3 is 0 Å². The molecule has 1 aliphatic rings. The van der Waals surface area contributed by atoms with Gasteiger partial charge in [0.05, 0.1) is 6.04 Å². The summed E-state index contributed by atoms with van der Waals surface area (Å²) >= 11 is 0. The highest BCUT2D eigenvalue weighted by Crippen LogP contribution is 2.35. The summed E-state index contributed by atoms with van der Waals surface area (Å²) < 4.78 is 62.0. The van der Waals surface area contributed by atoms with Crippen molar-refractivity contribution in [3.05, 3.63) is 77.6 Å². The number of aromatic nitrogens is 1. The van der Waals surface area contributed by atoms with E-state index in [9.17, 15) is 22.0 Å². The normalized spacial score (nSPS) is 17.5. The van der Waals surface area contributed by atoms with Crippen LogP contribution in [-0.4, -0.2) is 25.5 Å². The van der Waals surface area contributed by atoms with Crippen LogP contribution in [0.4, 0.5) is 14.5 Å². The molecule has 0 spiro atoms. The largest absolute Gasteiger partial charge is 0.488 e. The Morgan fingerprint density at radius 2 is 1.90 bits per heavy atom. The van der Waals surface area contributed by atoms with Gasteiger partial charge in [0.2, 0.25) is 10.0 Å². The van der Waals surface area contributed by atoms with Crippen molar-refractivity contribution in [2.24, 2.45) is 7.05 Å². The highest BCUT2D eigenvalue weighted by molar-refractivity contribution is 7.89. The van der Waals surface area contributed by atoms with E-state index in [1.807, 2.05) is 6.07 Å². The topological polar surface area (TPSA) is 89.4 Å². The number of nitrogens with one attached hydrogen (secondary N) is 2. The number of carbonyl (C=O) groups excluding carboxylic acids is 1. The summed E-state index contributed by atoms with van der Waals surface area (Å²) in [4.78, 5) is 12.6. The second-order valence-electron chi connectivity index (χ2n) is 6.76. The summed E-state index contributed by atoms with van der Waals surface area (Å²) in [6.45, 7) is -0.0360. The van der Waals surface area contributed by atoms with Gasteiger partial charge in [-0.15, -0.1) is 0 Å². The smallest absolute Gasteiger partial charge is 0.276 e. The molecule has 0 aliphatic carbocycles. The van der Waals surface area contributed by atoms with Crippen molar-refractivity contribution in [1.82, 2.24) is 9.29 Å². The zero-order valence-electron chi connectivity index (χ0n) is 15.7. The lowest BCUT2D eigenvalue weighted by Crippen LogP contribution is -2.29. The Kier molecular flexibility index (Phi) is 5.04. The van der Waals surface area contributed by atoms with Crippen molar-refractivity contribution in [1.29, 1.82) is 0 Å². The van der Waals surface area contributed by atoms with Gasteiger partial charge in [-0.25, -0.2) is 21.9 Å². The van der Waals surface area contributed by atoms with Crippen molar-refractivity contribution in [2.45, 2.75) is 10.9 Å². The molecular weight excluding hydrogens is 416 g/mol. The fraction of sp³-hybridized carbons (Fsp3) is 0.150. The first-order chi connectivity index (χ1) is 14.3. The molecule has 2 N–H and O–H groups in total. The maximum atomic E-state index is 13.4. The van der Waals surface area contributed by atoms with Crippen LogP contribution >= 0.6 is 0 Å². The molecule has 0 bridgehead atoms. The van der Waals surface area contributed by atoms with Crippen molar-refractivity contribution in [3.8, 4) is 5.75 Å². The van der Waals surface area contributed by atoms with Gasteiger partial charge in [0.15, 0.2) is 23.1 Å². The summed E-state index contributed by atoms with van der Waals surface area (Å²) in [7, 11) is -2.49. The lowest BCUT2D eigenvalue weighted by atomic mass is 10.1. The second-order valence-corrected chi connectivity index (χ2v) is 8.44. The lowest BCUT2D eigenvalue weighted by molar-refractivity contribution is 0.101. The number of anilines is 1. The standard InChI is InChI=1S/C20H17F2N3O4S/c1-25-10-17-19(18(25)20(26)23-13-7-8-14(21)15(22)9-13)29-11-16(24-30(17,27)28)12-5-3-2-4-6-12/h2-10,16,24H,11H2,1H3,(H,23,26)/t16-/m1/s1. The number of benzene rings is 2. The van der Waals surface area contributed by atoms with E-state index in [2.05, 4.69) is 10.0 Å². The van der Waals surface area contributed by atoms with E-state index >= 15 is 0 Å². The SMILES string of the molecule is Cn1cc2c(c1C(=O)Nc1ccc(F)c(F)c1)OC[C@H](c1ccccc1)NS2(=O)=O. The van der Waals surface area contributed by atoms with E-state index in [4.69, 9.17) is 4.74 Å². The van der Waals surface area contributed by atoms with E-state index < -0.39 is 33.6 Å². The third-order valence-electron chi connectivity index (χ3n) is 4.68. The van der Waals surface area contributed by atoms with E-state index in [0.717, 1.165) is 12.1 Å². The zero-order chi connectivity index (χ0) is 21.5. The van der Waals surface area contributed by atoms with Crippen molar-refractivity contribution < 1.29 is 26.7 Å². The van der Waals surface area contributed by atoms with Crippen LogP contribution < -0.4 is 14.8 Å². The molecule has 1 aliphatic heterocycles. The Morgan fingerprint density at radius 1 is 1.17 bits per heavy atom. The van der Waals surface area contributed by atoms with E-state index in [1.54, 1.807) is 24.3 Å². The van der Waals surface area contributed by atoms with Gasteiger partial charge in [0.25, 0.3) is 5.91 Å². The number of aryl methyl sites for hydroxylation is 1. The van der Waals surface area contributed by atoms with Gasteiger partial charge in [-0.2, -0.15) is 0 Å². The Balaban J connectivity index is 1.68. The summed E-state index contributed by atoms with van der Waals surface area (Å²) in [6.07, 6.45) is 1.27. The number of ether oxygens (including phenoxy) is 1. The van der Waals surface area contributed by atoms with Crippen LogP contribution in [0.15, 0.2) is 59.6 Å². The van der Waals surface area contributed by atoms with Crippen LogP contribution in [0.3, 0.4) is 0 Å². The third kappa shape index (κ3) is 3.66. The predicted octanol–water partition coefficient (Wildman–Crippen LogP) is 2.97. The fourth-order valence-electron chi connectivity index (χ4n) is 3.24. The Morgan fingerprint density at radius 3 is 2.60 bits per heavy atom. The van der Waals surface area contributed by atoms with Crippen LogP contribution in [0.5, 0.6) is 5.75 Å². The van der Waals surface area contributed by atoms with Gasteiger partial charge in [0, 0.05) is 25.0 Å². The molecule has 4 rings (SSSR count). The van der Waals surface area contributed by atoms with Crippen LogP contribution in [-0.2, 0) is 17.1 Å². The van der Waals surface area contributed by atoms with Crippen LogP contribution in [0.2, 0.25) is 0 Å². The molecule has 2 heterocycles. The summed E-state index contributed by atoms with van der Waals surface area (Å²) in [6, 6.07) is 11.2. The van der Waals surface area contributed by atoms with Gasteiger partial charge in [-0.05, 0) is 17.7 Å². The maximum absolute atomic E-state index is 13.4. The van der Waals surface area contributed by atoms with Gasteiger partial charge < -0.3 is 14.6 Å². The summed E-state index contributed by atoms with van der Waals surface area (Å²) in [5.41, 5.74) is 0.669. The average molecular weight is 433 g/mol. The molecule has 10 heteroatoms. The Labute approximate surface area is 171 Å². The van der Waals surface area contributed by atoms with Crippen molar-refractivity contribution in [3.63, 3.8) is 0 Å². The van der Waals surface area contributed by atoms with E-state index in [0.29, 0.717) is 5.56 Å². The predicted molar refractivity (Wildman–Crippen MR) is 105 cm³/mol. The molecule has 2 aromatic carbocycles. The zero-order valence-corrected chi connectivity index (χ0v) is 16.5. The monoisotopic (exact) mass is 433 g/mol. The first-order valence-corrected chi connectivity index (χ1v) is 10.4. The van der Waals surface area contributed by atoms with Crippen LogP contribution in [0.25, 0.3) is 0 Å². The van der Waals surface area contributed by atoms with E-state index in [-0.39, 0.29) is 28.6 Å². The molecule has 3 aromatic rings. The minimum atomic E-state index is -3.98. The Hall–Kier alpha value is -3.24. The molecule has 0 saturated carbocycles. The number of carbonyl (C=O) groups is 1. The number of nitrogens with zero attached hydrogens (tertiary/aromatic N) is 1. The van der Waals surface area contributed by atoms with Crippen LogP contribution in [0.1, 0.15) is 22.1 Å². The van der Waals surface area contributed by atoms with Crippen LogP contribution in [0, 0.1) is 11.6 Å². The quantitative estimate of drug-likeness (QED) is 0.665.